The van der Waals surface area contributed by atoms with Crippen LogP contribution in [0.25, 0.3) is 0 Å². The fourth-order valence-electron chi connectivity index (χ4n) is 2.54. The van der Waals surface area contributed by atoms with Crippen LogP contribution in [-0.4, -0.2) is 75.0 Å². The average Bonchev–Trinajstić information content (AvgIpc) is 2.59. The Balaban J connectivity index is 4.52. The van der Waals surface area contributed by atoms with E-state index in [4.69, 9.17) is 24.1 Å². The van der Waals surface area contributed by atoms with Gasteiger partial charge in [0.2, 0.25) is 0 Å². The lowest BCUT2D eigenvalue weighted by molar-refractivity contribution is -0.153. The highest BCUT2D eigenvalue weighted by molar-refractivity contribution is 5.74. The van der Waals surface area contributed by atoms with Crippen LogP contribution in [-0.2, 0) is 28.5 Å². The van der Waals surface area contributed by atoms with Crippen LogP contribution in [0.2, 0.25) is 0 Å². The molecular formula is C18H34O8. The molecule has 8 nitrogen and oxygen atoms in total. The molecule has 0 radical (unpaired) electrons. The minimum Gasteiger partial charge on any atom is -0.481 e. The van der Waals surface area contributed by atoms with Crippen LogP contribution in [0, 0.1) is 5.41 Å². The molecule has 2 N–H and O–H groups in total. The van der Waals surface area contributed by atoms with Gasteiger partial charge in [0.1, 0.15) is 0 Å². The molecule has 0 bridgehead atoms. The molecular weight excluding hydrogens is 344 g/mol. The number of rotatable bonds is 19. The van der Waals surface area contributed by atoms with Gasteiger partial charge in [-0.1, -0.05) is 0 Å². The first-order valence-corrected chi connectivity index (χ1v) is 9.24. The molecule has 154 valence electrons. The van der Waals surface area contributed by atoms with Crippen LogP contribution < -0.4 is 0 Å². The van der Waals surface area contributed by atoms with Gasteiger partial charge in [0.25, 0.3) is 0 Å². The minimum absolute atomic E-state index is 0.0502. The fourth-order valence-corrected chi connectivity index (χ4v) is 2.54. The highest BCUT2D eigenvalue weighted by atomic mass is 16.5. The molecule has 0 spiro atoms. The Labute approximate surface area is 155 Å². The molecule has 0 atom stereocenters. The van der Waals surface area contributed by atoms with Gasteiger partial charge in [0.05, 0.1) is 31.8 Å². The van der Waals surface area contributed by atoms with E-state index in [2.05, 4.69) is 0 Å². The van der Waals surface area contributed by atoms with E-state index in [-0.39, 0.29) is 26.1 Å². The Kier molecular flexibility index (Phi) is 15.2. The number of aliphatic carboxylic acids is 2. The summed E-state index contributed by atoms with van der Waals surface area (Å²) in [5.74, 6) is -1.87. The van der Waals surface area contributed by atoms with Gasteiger partial charge >= 0.3 is 11.9 Å². The zero-order chi connectivity index (χ0) is 19.7. The van der Waals surface area contributed by atoms with Crippen LogP contribution in [0.4, 0.5) is 0 Å². The van der Waals surface area contributed by atoms with Crippen molar-refractivity contribution in [2.24, 2.45) is 5.41 Å². The van der Waals surface area contributed by atoms with Crippen molar-refractivity contribution in [1.29, 1.82) is 0 Å². The van der Waals surface area contributed by atoms with Crippen LogP contribution in [0.3, 0.4) is 0 Å². The molecule has 0 amide bonds. The second-order valence-corrected chi connectivity index (χ2v) is 5.95. The molecule has 0 unspecified atom stereocenters. The summed E-state index contributed by atoms with van der Waals surface area (Å²) in [5, 5.41) is 18.6. The lowest BCUT2D eigenvalue weighted by Crippen LogP contribution is -2.34. The zero-order valence-corrected chi connectivity index (χ0v) is 16.0. The van der Waals surface area contributed by atoms with Crippen molar-refractivity contribution in [3.63, 3.8) is 0 Å². The summed E-state index contributed by atoms with van der Waals surface area (Å²) in [4.78, 5) is 22.7. The summed E-state index contributed by atoms with van der Waals surface area (Å²) >= 11 is 0. The van der Waals surface area contributed by atoms with E-state index in [0.29, 0.717) is 58.9 Å². The molecule has 0 aliphatic carbocycles. The molecule has 0 aliphatic rings. The Morgan fingerprint density at radius 3 is 1.58 bits per heavy atom. The van der Waals surface area contributed by atoms with Crippen molar-refractivity contribution in [3.8, 4) is 0 Å². The third kappa shape index (κ3) is 12.2. The van der Waals surface area contributed by atoms with Gasteiger partial charge in [0.15, 0.2) is 0 Å². The number of hydrogen-bond acceptors (Lipinski definition) is 6. The van der Waals surface area contributed by atoms with E-state index in [1.807, 2.05) is 13.8 Å². The van der Waals surface area contributed by atoms with E-state index in [9.17, 15) is 14.7 Å². The quantitative estimate of drug-likeness (QED) is 0.329. The molecule has 8 heteroatoms. The monoisotopic (exact) mass is 378 g/mol. The molecule has 0 saturated heterocycles. The lowest BCUT2D eigenvalue weighted by Gasteiger charge is -2.29. The van der Waals surface area contributed by atoms with Crippen molar-refractivity contribution in [2.75, 3.05) is 52.9 Å². The van der Waals surface area contributed by atoms with E-state index in [1.54, 1.807) is 0 Å². The van der Waals surface area contributed by atoms with Gasteiger partial charge in [0, 0.05) is 32.8 Å². The van der Waals surface area contributed by atoms with Crippen molar-refractivity contribution < 1.29 is 38.7 Å². The van der Waals surface area contributed by atoms with Gasteiger partial charge in [-0.15, -0.1) is 0 Å². The summed E-state index contributed by atoms with van der Waals surface area (Å²) in [6, 6.07) is 0. The molecule has 0 aromatic carbocycles. The number of carboxylic acid groups (broad SMARTS) is 2. The standard InChI is InChI=1S/C18H34O8/c1-3-23-12-14-25-10-8-18(17(21)22,7-5-6-16(19)20)9-11-26-15-13-24-4-2/h3-15H2,1-2H3,(H,19,20)(H,21,22). The largest absolute Gasteiger partial charge is 0.481 e. The molecule has 0 aliphatic heterocycles. The number of carbonyl (C=O) groups is 2. The smallest absolute Gasteiger partial charge is 0.309 e. The van der Waals surface area contributed by atoms with Crippen molar-refractivity contribution in [3.05, 3.63) is 0 Å². The normalized spacial score (nSPS) is 11.6. The first-order chi connectivity index (χ1) is 12.5. The van der Waals surface area contributed by atoms with Gasteiger partial charge < -0.3 is 29.2 Å². The molecule has 26 heavy (non-hydrogen) atoms. The molecule has 0 saturated carbocycles. The average molecular weight is 378 g/mol. The second kappa shape index (κ2) is 16.0. The number of hydrogen-bond donors (Lipinski definition) is 2. The maximum Gasteiger partial charge on any atom is 0.309 e. The van der Waals surface area contributed by atoms with E-state index < -0.39 is 17.4 Å². The molecule has 0 fully saturated rings. The molecule has 0 aromatic rings. The Hall–Kier alpha value is -1.22. The zero-order valence-electron chi connectivity index (χ0n) is 16.0. The van der Waals surface area contributed by atoms with E-state index in [0.717, 1.165) is 0 Å². The van der Waals surface area contributed by atoms with Crippen LogP contribution in [0.1, 0.15) is 46.0 Å². The van der Waals surface area contributed by atoms with Gasteiger partial charge in [-0.25, -0.2) is 0 Å². The van der Waals surface area contributed by atoms with Crippen molar-refractivity contribution in [2.45, 2.75) is 46.0 Å². The summed E-state index contributed by atoms with van der Waals surface area (Å²) in [7, 11) is 0. The highest BCUT2D eigenvalue weighted by Gasteiger charge is 2.37. The summed E-state index contributed by atoms with van der Waals surface area (Å²) in [6.45, 7) is 7.32. The van der Waals surface area contributed by atoms with Gasteiger partial charge in [-0.3, -0.25) is 9.59 Å². The van der Waals surface area contributed by atoms with Crippen molar-refractivity contribution in [1.82, 2.24) is 0 Å². The second-order valence-electron chi connectivity index (χ2n) is 5.95. The lowest BCUT2D eigenvalue weighted by atomic mass is 9.77. The molecule has 0 rings (SSSR count). The SMILES string of the molecule is CCOCCOCCC(CCCC(=O)O)(CCOCCOCC)C(=O)O. The van der Waals surface area contributed by atoms with Crippen LogP contribution in [0.15, 0.2) is 0 Å². The van der Waals surface area contributed by atoms with Gasteiger partial charge in [-0.05, 0) is 39.5 Å². The maximum absolute atomic E-state index is 11.9. The Morgan fingerprint density at radius 1 is 0.731 bits per heavy atom. The Morgan fingerprint density at radius 2 is 1.19 bits per heavy atom. The predicted octanol–water partition coefficient (Wildman–Crippen LogP) is 2.20. The summed E-state index contributed by atoms with van der Waals surface area (Å²) in [6.07, 6.45) is 1.15. The number of ether oxygens (including phenoxy) is 4. The number of carboxylic acids is 2. The van der Waals surface area contributed by atoms with Crippen molar-refractivity contribution >= 4 is 11.9 Å². The topological polar surface area (TPSA) is 112 Å². The fraction of sp³-hybridized carbons (Fsp3) is 0.889. The molecule has 0 aromatic heterocycles. The molecule has 0 heterocycles. The summed E-state index contributed by atoms with van der Waals surface area (Å²) < 4.78 is 21.3. The maximum atomic E-state index is 11.9. The first-order valence-electron chi connectivity index (χ1n) is 9.24. The van der Waals surface area contributed by atoms with E-state index in [1.165, 1.54) is 0 Å². The third-order valence-corrected chi connectivity index (χ3v) is 4.10. The Bertz CT molecular complexity index is 356. The van der Waals surface area contributed by atoms with E-state index >= 15 is 0 Å². The van der Waals surface area contributed by atoms with Crippen LogP contribution >= 0.6 is 0 Å². The van der Waals surface area contributed by atoms with Gasteiger partial charge in [-0.2, -0.15) is 0 Å². The minimum atomic E-state index is -1.05. The summed E-state index contributed by atoms with van der Waals surface area (Å²) in [5.41, 5.74) is -1.05. The van der Waals surface area contributed by atoms with Crippen LogP contribution in [0.5, 0.6) is 0 Å². The first kappa shape index (κ1) is 24.8. The highest BCUT2D eigenvalue weighted by Crippen LogP contribution is 2.33. The third-order valence-electron chi connectivity index (χ3n) is 4.10. The predicted molar refractivity (Wildman–Crippen MR) is 95.4 cm³/mol.